The second kappa shape index (κ2) is 17.9. The molecule has 0 fully saturated rings. The summed E-state index contributed by atoms with van der Waals surface area (Å²) in [7, 11) is 2.26. The second-order valence-electron chi connectivity index (χ2n) is 9.11. The highest BCUT2D eigenvalue weighted by Gasteiger charge is 2.65. The fourth-order valence-electron chi connectivity index (χ4n) is 4.92. The van der Waals surface area contributed by atoms with E-state index in [0.29, 0.717) is 0 Å². The third kappa shape index (κ3) is 9.87. The number of rotatable bonds is 20. The lowest BCUT2D eigenvalue weighted by Crippen LogP contribution is -2.60. The smallest absolute Gasteiger partial charge is 0.376 e. The van der Waals surface area contributed by atoms with E-state index in [4.69, 9.17) is 24.9 Å². The van der Waals surface area contributed by atoms with E-state index in [9.17, 15) is 0 Å². The van der Waals surface area contributed by atoms with Crippen molar-refractivity contribution in [1.82, 2.24) is 6.15 Å². The number of hydrogen-bond donors (Lipinski definition) is 1. The van der Waals surface area contributed by atoms with Crippen LogP contribution < -0.4 is 6.15 Å². The Kier molecular flexibility index (Phi) is 19.4. The summed E-state index contributed by atoms with van der Waals surface area (Å²) in [5, 5.41) is -0.271. The van der Waals surface area contributed by atoms with Crippen molar-refractivity contribution in [1.29, 1.82) is 0 Å². The van der Waals surface area contributed by atoms with Crippen LogP contribution in [0.5, 0.6) is 0 Å². The normalized spacial score (nSPS) is 14.4. The third-order valence-electron chi connectivity index (χ3n) is 6.66. The Morgan fingerprint density at radius 1 is 0.600 bits per heavy atom. The van der Waals surface area contributed by atoms with Crippen LogP contribution in [0.3, 0.4) is 0 Å². The van der Waals surface area contributed by atoms with E-state index in [1.807, 2.05) is 0 Å². The molecule has 0 aliphatic rings. The van der Waals surface area contributed by atoms with Gasteiger partial charge in [0.25, 0.3) is 0 Å². The van der Waals surface area contributed by atoms with Gasteiger partial charge < -0.3 is 19.4 Å². The summed E-state index contributed by atoms with van der Waals surface area (Å²) in [5.74, 6) is 0. The summed E-state index contributed by atoms with van der Waals surface area (Å²) < 4.78 is 17.8. The Morgan fingerprint density at radius 2 is 0.967 bits per heavy atom. The lowest BCUT2D eigenvalue weighted by molar-refractivity contribution is 0.0710. The predicted molar refractivity (Wildman–Crippen MR) is 135 cm³/mol. The van der Waals surface area contributed by atoms with Crippen molar-refractivity contribution in [2.24, 2.45) is 0 Å². The van der Waals surface area contributed by atoms with E-state index in [-0.39, 0.29) is 11.2 Å². The summed E-state index contributed by atoms with van der Waals surface area (Å²) >= 11 is 6.99. The molecule has 3 N–H and O–H groups in total. The first-order valence-corrected chi connectivity index (χ1v) is 14.3. The van der Waals surface area contributed by atoms with Crippen LogP contribution in [-0.2, 0) is 13.3 Å². The van der Waals surface area contributed by atoms with E-state index >= 15 is 0 Å². The Balaban J connectivity index is 0. The zero-order valence-corrected chi connectivity index (χ0v) is 23.2. The quantitative estimate of drug-likeness (QED) is 0.110. The van der Waals surface area contributed by atoms with E-state index in [1.54, 1.807) is 21.3 Å². The Bertz CT molecular complexity index is 381. The van der Waals surface area contributed by atoms with Gasteiger partial charge >= 0.3 is 8.80 Å². The van der Waals surface area contributed by atoms with Gasteiger partial charge in [0.15, 0.2) is 0 Å². The summed E-state index contributed by atoms with van der Waals surface area (Å²) in [6.45, 7) is 8.69. The molecule has 0 aromatic carbocycles. The SMILES string of the molecule is CCCCCCCCCCCCCCC(CCC)(C(C)(C)Cl)[Si](OC)(OC)OC.N. The molecule has 30 heavy (non-hydrogen) atoms. The molecule has 184 valence electrons. The molecule has 0 rings (SSSR count). The standard InChI is InChI=1S/C24H51ClO3Si.H3N/c1-8-10-11-12-13-14-15-16-17-18-19-20-22-24(21-9-2,23(3,4)25)29(26-5,27-6)28-7;/h8-22H2,1-7H3;1H3. The Morgan fingerprint density at radius 3 is 1.27 bits per heavy atom. The molecule has 0 heterocycles. The molecule has 0 radical (unpaired) electrons. The molecule has 1 atom stereocenters. The summed E-state index contributed by atoms with van der Waals surface area (Å²) in [5.41, 5.74) is 0. The monoisotopic (exact) mass is 467 g/mol. The van der Waals surface area contributed by atoms with Gasteiger partial charge in [0, 0.05) is 26.2 Å². The number of unbranched alkanes of at least 4 members (excludes halogenated alkanes) is 11. The Hall–Kier alpha value is 0.347. The van der Waals surface area contributed by atoms with Gasteiger partial charge in [-0.05, 0) is 26.7 Å². The maximum Gasteiger partial charge on any atom is 0.508 e. The predicted octanol–water partition coefficient (Wildman–Crippen LogP) is 8.68. The minimum Gasteiger partial charge on any atom is -0.376 e. The highest BCUT2D eigenvalue weighted by atomic mass is 35.5. The molecule has 0 saturated heterocycles. The second-order valence-corrected chi connectivity index (χ2v) is 13.4. The first-order valence-electron chi connectivity index (χ1n) is 12.1. The van der Waals surface area contributed by atoms with Crippen LogP contribution in [0.15, 0.2) is 0 Å². The van der Waals surface area contributed by atoms with Gasteiger partial charge in [-0.25, -0.2) is 0 Å². The van der Waals surface area contributed by atoms with Gasteiger partial charge in [-0.1, -0.05) is 97.3 Å². The molecular formula is C24H54ClNO3Si. The van der Waals surface area contributed by atoms with Crippen molar-refractivity contribution >= 4 is 20.4 Å². The molecule has 4 nitrogen and oxygen atoms in total. The molecular weight excluding hydrogens is 414 g/mol. The molecule has 0 aliphatic carbocycles. The van der Waals surface area contributed by atoms with Crippen LogP contribution in [0.4, 0.5) is 0 Å². The van der Waals surface area contributed by atoms with Crippen molar-refractivity contribution in [3.8, 4) is 0 Å². The van der Waals surface area contributed by atoms with E-state index in [1.165, 1.54) is 70.6 Å². The molecule has 0 bridgehead atoms. The van der Waals surface area contributed by atoms with Gasteiger partial charge in [0.2, 0.25) is 0 Å². The average molecular weight is 468 g/mol. The van der Waals surface area contributed by atoms with Crippen LogP contribution in [0.1, 0.15) is 124 Å². The first-order chi connectivity index (χ1) is 13.8. The van der Waals surface area contributed by atoms with Gasteiger partial charge in [-0.15, -0.1) is 11.6 Å². The molecule has 0 spiro atoms. The van der Waals surface area contributed by atoms with E-state index in [0.717, 1.165) is 25.7 Å². The van der Waals surface area contributed by atoms with Crippen LogP contribution in [0, 0.1) is 0 Å². The molecule has 0 aromatic heterocycles. The van der Waals surface area contributed by atoms with Crippen molar-refractivity contribution in [2.45, 2.75) is 134 Å². The van der Waals surface area contributed by atoms with Gasteiger partial charge in [-0.3, -0.25) is 0 Å². The lowest BCUT2D eigenvalue weighted by Gasteiger charge is -2.50. The number of hydrogen-bond acceptors (Lipinski definition) is 4. The third-order valence-corrected chi connectivity index (χ3v) is 11.1. The van der Waals surface area contributed by atoms with E-state index < -0.39 is 13.7 Å². The van der Waals surface area contributed by atoms with Gasteiger partial charge in [0.05, 0.1) is 5.04 Å². The molecule has 0 aromatic rings. The largest absolute Gasteiger partial charge is 0.508 e. The maximum absolute atomic E-state index is 6.99. The Labute approximate surface area is 195 Å². The van der Waals surface area contributed by atoms with Crippen molar-refractivity contribution < 1.29 is 13.3 Å². The van der Waals surface area contributed by atoms with Gasteiger partial charge in [-0.2, -0.15) is 0 Å². The lowest BCUT2D eigenvalue weighted by atomic mass is 9.84. The highest BCUT2D eigenvalue weighted by molar-refractivity contribution is 6.66. The fourth-order valence-corrected chi connectivity index (χ4v) is 8.90. The van der Waals surface area contributed by atoms with Crippen molar-refractivity contribution in [2.75, 3.05) is 21.3 Å². The number of alkyl halides is 1. The first kappa shape index (κ1) is 32.5. The molecule has 0 amide bonds. The zero-order chi connectivity index (χ0) is 22.2. The molecule has 0 saturated carbocycles. The van der Waals surface area contributed by atoms with Gasteiger partial charge in [0.1, 0.15) is 0 Å². The summed E-state index contributed by atoms with van der Waals surface area (Å²) in [4.78, 5) is -0.449. The minimum absolute atomic E-state index is 0. The maximum atomic E-state index is 6.99. The fraction of sp³-hybridized carbons (Fsp3) is 1.00. The molecule has 6 heteroatoms. The minimum atomic E-state index is -2.89. The summed E-state index contributed by atoms with van der Waals surface area (Å²) in [6, 6.07) is 0. The van der Waals surface area contributed by atoms with Crippen molar-refractivity contribution in [3.05, 3.63) is 0 Å². The molecule has 0 aliphatic heterocycles. The van der Waals surface area contributed by atoms with Crippen LogP contribution in [0.25, 0.3) is 0 Å². The summed E-state index contributed by atoms with van der Waals surface area (Å²) in [6.07, 6.45) is 19.2. The van der Waals surface area contributed by atoms with Crippen LogP contribution >= 0.6 is 11.6 Å². The average Bonchev–Trinajstić information content (AvgIpc) is 2.69. The highest BCUT2D eigenvalue weighted by Crippen LogP contribution is 2.58. The molecule has 1 unspecified atom stereocenters. The van der Waals surface area contributed by atoms with Crippen LogP contribution in [-0.4, -0.2) is 35.0 Å². The topological polar surface area (TPSA) is 62.7 Å². The van der Waals surface area contributed by atoms with Crippen LogP contribution in [0.2, 0.25) is 5.04 Å². The number of halogens is 1. The van der Waals surface area contributed by atoms with E-state index in [2.05, 4.69) is 27.7 Å². The van der Waals surface area contributed by atoms with Crippen molar-refractivity contribution in [3.63, 3.8) is 0 Å². The zero-order valence-electron chi connectivity index (χ0n) is 21.4.